The molecule has 0 aliphatic carbocycles. The van der Waals surface area contributed by atoms with Gasteiger partial charge in [-0.3, -0.25) is 19.6 Å². The fourth-order valence-electron chi connectivity index (χ4n) is 2.91. The maximum Gasteiger partial charge on any atom is 0.269 e. The number of hydrogen-bond acceptors (Lipinski definition) is 4. The molecule has 3 rings (SSSR count). The fourth-order valence-corrected chi connectivity index (χ4v) is 2.91. The SMILES string of the molecule is O=C(C(c1ccc([N+](=O)[O-])cc1)n1cccn1)N1CCCCC1. The molecule has 0 saturated carbocycles. The van der Waals surface area contributed by atoms with E-state index in [0.29, 0.717) is 5.56 Å². The lowest BCUT2D eigenvalue weighted by molar-refractivity contribution is -0.384. The van der Waals surface area contributed by atoms with E-state index in [2.05, 4.69) is 5.10 Å². The summed E-state index contributed by atoms with van der Waals surface area (Å²) in [5.74, 6) is -0.0118. The number of likely N-dealkylation sites (tertiary alicyclic amines) is 1. The number of nitro benzene ring substituents is 1. The second-order valence-corrected chi connectivity index (χ2v) is 5.62. The van der Waals surface area contributed by atoms with Crippen molar-refractivity contribution in [1.82, 2.24) is 14.7 Å². The first-order valence-electron chi connectivity index (χ1n) is 7.69. The lowest BCUT2D eigenvalue weighted by atomic mass is 10.0. The smallest absolute Gasteiger partial charge is 0.269 e. The van der Waals surface area contributed by atoms with Gasteiger partial charge in [0.1, 0.15) is 0 Å². The Balaban J connectivity index is 1.92. The third-order valence-corrected chi connectivity index (χ3v) is 4.11. The summed E-state index contributed by atoms with van der Waals surface area (Å²) in [6.07, 6.45) is 6.54. The Morgan fingerprint density at radius 3 is 2.43 bits per heavy atom. The number of carbonyl (C=O) groups excluding carboxylic acids is 1. The minimum absolute atomic E-state index is 0.0118. The van der Waals surface area contributed by atoms with E-state index in [1.165, 1.54) is 12.1 Å². The van der Waals surface area contributed by atoms with Crippen LogP contribution in [-0.2, 0) is 4.79 Å². The second-order valence-electron chi connectivity index (χ2n) is 5.62. The standard InChI is InChI=1S/C16H18N4O3/c21-16(18-10-2-1-3-11-18)15(19-12-4-9-17-19)13-5-7-14(8-6-13)20(22)23/h4-9,12,15H,1-3,10-11H2. The van der Waals surface area contributed by atoms with Gasteiger partial charge in [-0.15, -0.1) is 0 Å². The maximum absolute atomic E-state index is 12.9. The first-order valence-corrected chi connectivity index (χ1v) is 7.69. The molecule has 0 bridgehead atoms. The lowest BCUT2D eigenvalue weighted by Crippen LogP contribution is -2.41. The molecule has 0 N–H and O–H groups in total. The van der Waals surface area contributed by atoms with Gasteiger partial charge in [-0.25, -0.2) is 0 Å². The van der Waals surface area contributed by atoms with Crippen LogP contribution in [0.15, 0.2) is 42.7 Å². The molecular weight excluding hydrogens is 296 g/mol. The van der Waals surface area contributed by atoms with Gasteiger partial charge in [0.25, 0.3) is 11.6 Å². The summed E-state index contributed by atoms with van der Waals surface area (Å²) < 4.78 is 1.61. The van der Waals surface area contributed by atoms with Crippen LogP contribution in [0.2, 0.25) is 0 Å². The minimum atomic E-state index is -0.580. The van der Waals surface area contributed by atoms with E-state index in [1.807, 2.05) is 4.90 Å². The Hall–Kier alpha value is -2.70. The van der Waals surface area contributed by atoms with Crippen molar-refractivity contribution in [3.05, 3.63) is 58.4 Å². The first-order chi connectivity index (χ1) is 11.2. The Kier molecular flexibility index (Phi) is 4.36. The van der Waals surface area contributed by atoms with Crippen LogP contribution in [0.5, 0.6) is 0 Å². The zero-order valence-electron chi connectivity index (χ0n) is 12.7. The lowest BCUT2D eigenvalue weighted by Gasteiger charge is -2.30. The van der Waals surface area contributed by atoms with Gasteiger partial charge >= 0.3 is 0 Å². The molecule has 1 aliphatic rings. The van der Waals surface area contributed by atoms with Crippen LogP contribution >= 0.6 is 0 Å². The molecule has 7 nitrogen and oxygen atoms in total. The molecular formula is C16H18N4O3. The molecule has 1 unspecified atom stereocenters. The van der Waals surface area contributed by atoms with E-state index in [9.17, 15) is 14.9 Å². The number of nitrogens with zero attached hydrogens (tertiary/aromatic N) is 4. The average molecular weight is 314 g/mol. The fraction of sp³-hybridized carbons (Fsp3) is 0.375. The van der Waals surface area contributed by atoms with Crippen LogP contribution in [0.1, 0.15) is 30.9 Å². The molecule has 0 radical (unpaired) electrons. The highest BCUT2D eigenvalue weighted by Crippen LogP contribution is 2.24. The predicted octanol–water partition coefficient (Wildman–Crippen LogP) is 2.39. The Morgan fingerprint density at radius 1 is 1.17 bits per heavy atom. The summed E-state index contributed by atoms with van der Waals surface area (Å²) in [7, 11) is 0. The van der Waals surface area contributed by atoms with Crippen molar-refractivity contribution in [3.63, 3.8) is 0 Å². The van der Waals surface area contributed by atoms with Crippen molar-refractivity contribution >= 4 is 11.6 Å². The molecule has 2 aromatic rings. The molecule has 0 spiro atoms. The summed E-state index contributed by atoms with van der Waals surface area (Å²) in [5, 5.41) is 15.0. The van der Waals surface area contributed by atoms with Gasteiger partial charge in [-0.05, 0) is 43.0 Å². The molecule has 1 atom stereocenters. The number of benzene rings is 1. The summed E-state index contributed by atoms with van der Waals surface area (Å²) in [6.45, 7) is 1.51. The van der Waals surface area contributed by atoms with Crippen LogP contribution in [0.25, 0.3) is 0 Å². The van der Waals surface area contributed by atoms with Crippen LogP contribution in [-0.4, -0.2) is 38.6 Å². The van der Waals surface area contributed by atoms with Gasteiger partial charge < -0.3 is 4.90 Å². The zero-order valence-corrected chi connectivity index (χ0v) is 12.7. The molecule has 1 fully saturated rings. The van der Waals surface area contributed by atoms with Crippen molar-refractivity contribution < 1.29 is 9.72 Å². The quantitative estimate of drug-likeness (QED) is 0.641. The summed E-state index contributed by atoms with van der Waals surface area (Å²) in [5.41, 5.74) is 0.716. The molecule has 1 saturated heterocycles. The minimum Gasteiger partial charge on any atom is -0.341 e. The third kappa shape index (κ3) is 3.23. The number of hydrogen-bond donors (Lipinski definition) is 0. The Morgan fingerprint density at radius 2 is 1.87 bits per heavy atom. The van der Waals surface area contributed by atoms with Crippen LogP contribution in [0.4, 0.5) is 5.69 Å². The highest BCUT2D eigenvalue weighted by molar-refractivity contribution is 5.83. The van der Waals surface area contributed by atoms with Gasteiger partial charge in [0.05, 0.1) is 4.92 Å². The average Bonchev–Trinajstić information content (AvgIpc) is 3.10. The Labute approximate surface area is 133 Å². The largest absolute Gasteiger partial charge is 0.341 e. The number of carbonyl (C=O) groups is 1. The van der Waals surface area contributed by atoms with Crippen molar-refractivity contribution in [2.24, 2.45) is 0 Å². The van der Waals surface area contributed by atoms with E-state index in [4.69, 9.17) is 0 Å². The van der Waals surface area contributed by atoms with Crippen molar-refractivity contribution in [2.75, 3.05) is 13.1 Å². The number of rotatable bonds is 4. The number of piperidine rings is 1. The summed E-state index contributed by atoms with van der Waals surface area (Å²) in [6, 6.07) is 7.30. The molecule has 7 heteroatoms. The van der Waals surface area contributed by atoms with E-state index in [1.54, 1.807) is 35.3 Å². The van der Waals surface area contributed by atoms with Crippen LogP contribution < -0.4 is 0 Å². The molecule has 1 aliphatic heterocycles. The zero-order chi connectivity index (χ0) is 16.2. The van der Waals surface area contributed by atoms with Crippen LogP contribution in [0.3, 0.4) is 0 Å². The van der Waals surface area contributed by atoms with Gasteiger partial charge in [-0.1, -0.05) is 0 Å². The highest BCUT2D eigenvalue weighted by atomic mass is 16.6. The van der Waals surface area contributed by atoms with Crippen LogP contribution in [0, 0.1) is 10.1 Å². The number of amides is 1. The van der Waals surface area contributed by atoms with E-state index >= 15 is 0 Å². The predicted molar refractivity (Wildman–Crippen MR) is 83.9 cm³/mol. The maximum atomic E-state index is 12.9. The number of non-ortho nitro benzene ring substituents is 1. The van der Waals surface area contributed by atoms with E-state index in [0.717, 1.165) is 32.4 Å². The number of nitro groups is 1. The van der Waals surface area contributed by atoms with E-state index < -0.39 is 11.0 Å². The monoisotopic (exact) mass is 314 g/mol. The van der Waals surface area contributed by atoms with Crippen molar-refractivity contribution in [3.8, 4) is 0 Å². The molecule has 2 heterocycles. The molecule has 1 amide bonds. The molecule has 23 heavy (non-hydrogen) atoms. The van der Waals surface area contributed by atoms with Crippen molar-refractivity contribution in [2.45, 2.75) is 25.3 Å². The van der Waals surface area contributed by atoms with Gasteiger partial charge in [0.2, 0.25) is 0 Å². The second kappa shape index (κ2) is 6.60. The Bertz CT molecular complexity index is 676. The van der Waals surface area contributed by atoms with E-state index in [-0.39, 0.29) is 11.6 Å². The topological polar surface area (TPSA) is 81.3 Å². The van der Waals surface area contributed by atoms with Crippen molar-refractivity contribution in [1.29, 1.82) is 0 Å². The third-order valence-electron chi connectivity index (χ3n) is 4.11. The molecule has 120 valence electrons. The van der Waals surface area contributed by atoms with Gasteiger partial charge in [0.15, 0.2) is 6.04 Å². The van der Waals surface area contributed by atoms with Gasteiger partial charge in [-0.2, -0.15) is 5.10 Å². The molecule has 1 aromatic heterocycles. The molecule has 1 aromatic carbocycles. The highest BCUT2D eigenvalue weighted by Gasteiger charge is 2.29. The van der Waals surface area contributed by atoms with Gasteiger partial charge in [0, 0.05) is 37.6 Å². The summed E-state index contributed by atoms with van der Waals surface area (Å²) in [4.78, 5) is 25.2. The normalized spacial score (nSPS) is 16.1. The first kappa shape index (κ1) is 15.2. The number of aromatic nitrogens is 2. The summed E-state index contributed by atoms with van der Waals surface area (Å²) >= 11 is 0.